The SMILES string of the molecule is Cl.N[C@@H](Cc1ccccc1)C(=O)NC1CCOc2c(Cl)cccc21. The highest BCUT2D eigenvalue weighted by molar-refractivity contribution is 6.32. The molecule has 0 spiro atoms. The number of nitrogens with one attached hydrogen (secondary N) is 1. The van der Waals surface area contributed by atoms with Crippen LogP contribution in [0.15, 0.2) is 48.5 Å². The Morgan fingerprint density at radius 1 is 1.25 bits per heavy atom. The fourth-order valence-corrected chi connectivity index (χ4v) is 3.01. The summed E-state index contributed by atoms with van der Waals surface area (Å²) in [5.74, 6) is 0.494. The molecule has 2 aromatic carbocycles. The molecule has 6 heteroatoms. The van der Waals surface area contributed by atoms with Gasteiger partial charge in [0.25, 0.3) is 0 Å². The Balaban J connectivity index is 0.00000208. The minimum Gasteiger partial charge on any atom is -0.492 e. The van der Waals surface area contributed by atoms with Crippen LogP contribution in [0.3, 0.4) is 0 Å². The number of hydrogen-bond donors (Lipinski definition) is 2. The minimum absolute atomic E-state index is 0. The number of hydrogen-bond acceptors (Lipinski definition) is 3. The number of amides is 1. The van der Waals surface area contributed by atoms with Gasteiger partial charge >= 0.3 is 0 Å². The Hall–Kier alpha value is -1.75. The van der Waals surface area contributed by atoms with Gasteiger partial charge in [0, 0.05) is 12.0 Å². The van der Waals surface area contributed by atoms with E-state index in [0.717, 1.165) is 11.1 Å². The second kappa shape index (κ2) is 8.38. The minimum atomic E-state index is -0.581. The van der Waals surface area contributed by atoms with Crippen molar-refractivity contribution in [2.24, 2.45) is 5.73 Å². The van der Waals surface area contributed by atoms with E-state index in [4.69, 9.17) is 22.1 Å². The number of rotatable bonds is 4. The van der Waals surface area contributed by atoms with E-state index >= 15 is 0 Å². The Kier molecular flexibility index (Phi) is 6.49. The summed E-state index contributed by atoms with van der Waals surface area (Å²) in [6.45, 7) is 0.523. The smallest absolute Gasteiger partial charge is 0.237 e. The topological polar surface area (TPSA) is 64.4 Å². The van der Waals surface area contributed by atoms with E-state index < -0.39 is 6.04 Å². The highest BCUT2D eigenvalue weighted by Gasteiger charge is 2.26. The zero-order valence-corrected chi connectivity index (χ0v) is 14.6. The first kappa shape index (κ1) is 18.6. The maximum Gasteiger partial charge on any atom is 0.237 e. The van der Waals surface area contributed by atoms with Gasteiger partial charge in [-0.25, -0.2) is 0 Å². The van der Waals surface area contributed by atoms with E-state index in [1.807, 2.05) is 42.5 Å². The fourth-order valence-electron chi connectivity index (χ4n) is 2.78. The van der Waals surface area contributed by atoms with Crippen LogP contribution in [0.25, 0.3) is 0 Å². The van der Waals surface area contributed by atoms with Gasteiger partial charge in [-0.15, -0.1) is 12.4 Å². The first-order valence-electron chi connectivity index (χ1n) is 7.66. The average molecular weight is 367 g/mol. The molecule has 1 aliphatic heterocycles. The molecule has 0 bridgehead atoms. The van der Waals surface area contributed by atoms with E-state index in [9.17, 15) is 4.79 Å². The van der Waals surface area contributed by atoms with Crippen LogP contribution in [0.5, 0.6) is 5.75 Å². The van der Waals surface area contributed by atoms with Crippen molar-refractivity contribution >= 4 is 29.9 Å². The van der Waals surface area contributed by atoms with Gasteiger partial charge < -0.3 is 15.8 Å². The average Bonchev–Trinajstić information content (AvgIpc) is 2.56. The molecule has 1 aliphatic rings. The number of fused-ring (bicyclic) bond motifs is 1. The van der Waals surface area contributed by atoms with Gasteiger partial charge in [-0.3, -0.25) is 4.79 Å². The second-order valence-corrected chi connectivity index (χ2v) is 6.06. The van der Waals surface area contributed by atoms with Crippen molar-refractivity contribution in [3.63, 3.8) is 0 Å². The maximum atomic E-state index is 12.4. The molecule has 0 saturated carbocycles. The lowest BCUT2D eigenvalue weighted by molar-refractivity contribution is -0.123. The number of para-hydroxylation sites is 1. The van der Waals surface area contributed by atoms with Gasteiger partial charge in [0.2, 0.25) is 5.91 Å². The largest absolute Gasteiger partial charge is 0.492 e. The molecule has 4 nitrogen and oxygen atoms in total. The third-order valence-corrected chi connectivity index (χ3v) is 4.28. The standard InChI is InChI=1S/C18H19ClN2O2.ClH/c19-14-8-4-7-13-16(9-10-23-17(13)14)21-18(22)15(20)11-12-5-2-1-3-6-12;/h1-8,15-16H,9-11,20H2,(H,21,22);1H/t15-,16?;/m0./s1. The van der Waals surface area contributed by atoms with Gasteiger partial charge in [0.05, 0.1) is 23.7 Å². The number of carbonyl (C=O) groups excluding carboxylic acids is 1. The normalized spacial score (nSPS) is 17.0. The van der Waals surface area contributed by atoms with Crippen molar-refractivity contribution in [1.82, 2.24) is 5.32 Å². The Labute approximate surface area is 152 Å². The number of benzene rings is 2. The molecular formula is C18H20Cl2N2O2. The summed E-state index contributed by atoms with van der Waals surface area (Å²) in [5.41, 5.74) is 8.00. The fraction of sp³-hybridized carbons (Fsp3) is 0.278. The summed E-state index contributed by atoms with van der Waals surface area (Å²) in [4.78, 5) is 12.4. The lowest BCUT2D eigenvalue weighted by atomic mass is 9.99. The first-order chi connectivity index (χ1) is 11.1. The molecule has 1 unspecified atom stereocenters. The van der Waals surface area contributed by atoms with Crippen LogP contribution in [0.1, 0.15) is 23.6 Å². The number of ether oxygens (including phenoxy) is 1. The molecule has 2 atom stereocenters. The highest BCUT2D eigenvalue weighted by atomic mass is 35.5. The zero-order chi connectivity index (χ0) is 16.2. The quantitative estimate of drug-likeness (QED) is 0.872. The van der Waals surface area contributed by atoms with Crippen molar-refractivity contribution in [2.75, 3.05) is 6.61 Å². The number of halogens is 2. The molecule has 0 radical (unpaired) electrons. The molecule has 1 amide bonds. The molecule has 2 aromatic rings. The first-order valence-corrected chi connectivity index (χ1v) is 8.04. The summed E-state index contributed by atoms with van der Waals surface area (Å²) < 4.78 is 5.61. The van der Waals surface area contributed by atoms with Crippen molar-refractivity contribution in [2.45, 2.75) is 24.9 Å². The van der Waals surface area contributed by atoms with Gasteiger partial charge in [-0.1, -0.05) is 54.1 Å². The van der Waals surface area contributed by atoms with E-state index in [2.05, 4.69) is 5.32 Å². The van der Waals surface area contributed by atoms with Crippen molar-refractivity contribution < 1.29 is 9.53 Å². The molecular weight excluding hydrogens is 347 g/mol. The Morgan fingerprint density at radius 3 is 2.75 bits per heavy atom. The molecule has 1 heterocycles. The van der Waals surface area contributed by atoms with E-state index in [1.54, 1.807) is 6.07 Å². The highest BCUT2D eigenvalue weighted by Crippen LogP contribution is 2.37. The second-order valence-electron chi connectivity index (χ2n) is 5.65. The summed E-state index contributed by atoms with van der Waals surface area (Å²) in [6, 6.07) is 14.6. The molecule has 0 fully saturated rings. The molecule has 24 heavy (non-hydrogen) atoms. The van der Waals surface area contributed by atoms with Gasteiger partial charge in [0.15, 0.2) is 0 Å². The van der Waals surface area contributed by atoms with E-state index in [0.29, 0.717) is 30.2 Å². The van der Waals surface area contributed by atoms with Crippen LogP contribution < -0.4 is 15.8 Å². The van der Waals surface area contributed by atoms with Crippen LogP contribution >= 0.6 is 24.0 Å². The zero-order valence-electron chi connectivity index (χ0n) is 13.1. The van der Waals surface area contributed by atoms with Crippen LogP contribution in [0, 0.1) is 0 Å². The lowest BCUT2D eigenvalue weighted by Crippen LogP contribution is -2.44. The molecule has 3 rings (SSSR count). The Morgan fingerprint density at radius 2 is 2.00 bits per heavy atom. The summed E-state index contributed by atoms with van der Waals surface area (Å²) >= 11 is 6.15. The third-order valence-electron chi connectivity index (χ3n) is 3.98. The van der Waals surface area contributed by atoms with Gasteiger partial charge in [-0.2, -0.15) is 0 Å². The third kappa shape index (κ3) is 4.20. The number of carbonyl (C=O) groups is 1. The van der Waals surface area contributed by atoms with Gasteiger partial charge in [0.1, 0.15) is 5.75 Å². The van der Waals surface area contributed by atoms with Crippen LogP contribution in [0.4, 0.5) is 0 Å². The Bertz CT molecular complexity index is 695. The molecule has 128 valence electrons. The van der Waals surface area contributed by atoms with Crippen molar-refractivity contribution in [3.05, 3.63) is 64.7 Å². The lowest BCUT2D eigenvalue weighted by Gasteiger charge is -2.28. The summed E-state index contributed by atoms with van der Waals surface area (Å²) in [7, 11) is 0. The van der Waals surface area contributed by atoms with E-state index in [-0.39, 0.29) is 24.4 Å². The summed E-state index contributed by atoms with van der Waals surface area (Å²) in [5, 5.41) is 3.58. The van der Waals surface area contributed by atoms with Crippen LogP contribution in [-0.4, -0.2) is 18.6 Å². The predicted octanol–water partition coefficient (Wildman–Crippen LogP) is 3.27. The van der Waals surface area contributed by atoms with Crippen molar-refractivity contribution in [3.8, 4) is 5.75 Å². The van der Waals surface area contributed by atoms with Crippen molar-refractivity contribution in [1.29, 1.82) is 0 Å². The van der Waals surface area contributed by atoms with Crippen LogP contribution in [0.2, 0.25) is 5.02 Å². The maximum absolute atomic E-state index is 12.4. The predicted molar refractivity (Wildman–Crippen MR) is 97.8 cm³/mol. The molecule has 3 N–H and O–H groups in total. The molecule has 0 aromatic heterocycles. The van der Waals surface area contributed by atoms with E-state index in [1.165, 1.54) is 0 Å². The number of nitrogens with two attached hydrogens (primary N) is 1. The van der Waals surface area contributed by atoms with Gasteiger partial charge in [-0.05, 0) is 18.1 Å². The monoisotopic (exact) mass is 366 g/mol. The summed E-state index contributed by atoms with van der Waals surface area (Å²) in [6.07, 6.45) is 1.22. The van der Waals surface area contributed by atoms with Crippen LogP contribution in [-0.2, 0) is 11.2 Å². The molecule has 0 saturated heterocycles. The molecule has 0 aliphatic carbocycles.